The summed E-state index contributed by atoms with van der Waals surface area (Å²) in [6, 6.07) is 14.0. The number of benzene rings is 2. The summed E-state index contributed by atoms with van der Waals surface area (Å²) in [5, 5.41) is 3.81. The first-order chi connectivity index (χ1) is 13.1. The molecule has 0 fully saturated rings. The Hall–Kier alpha value is -2.93. The van der Waals surface area contributed by atoms with Crippen molar-refractivity contribution in [2.24, 2.45) is 0 Å². The van der Waals surface area contributed by atoms with E-state index in [-0.39, 0.29) is 17.4 Å². The van der Waals surface area contributed by atoms with Gasteiger partial charge in [0.15, 0.2) is 0 Å². The number of nitrogens with one attached hydrogen (secondary N) is 2. The molecule has 1 atom stereocenters. The van der Waals surface area contributed by atoms with Crippen LogP contribution in [0.25, 0.3) is 10.9 Å². The van der Waals surface area contributed by atoms with Crippen LogP contribution in [-0.4, -0.2) is 26.1 Å². The summed E-state index contributed by atoms with van der Waals surface area (Å²) in [5.74, 6) is -0.259. The van der Waals surface area contributed by atoms with Gasteiger partial charge in [-0.1, -0.05) is 6.07 Å². The van der Waals surface area contributed by atoms with Crippen molar-refractivity contribution in [1.82, 2.24) is 9.88 Å². The zero-order valence-corrected chi connectivity index (χ0v) is 17.1. The molecule has 1 amide bonds. The Morgan fingerprint density at radius 1 is 1.00 bits per heavy atom. The highest BCUT2D eigenvalue weighted by atomic mass is 32.2. The van der Waals surface area contributed by atoms with Gasteiger partial charge in [-0.3, -0.25) is 14.2 Å². The molecule has 1 unspecified atom stereocenters. The second-order valence-electron chi connectivity index (χ2n) is 7.58. The van der Waals surface area contributed by atoms with Gasteiger partial charge in [0.2, 0.25) is 5.91 Å². The van der Waals surface area contributed by atoms with Crippen LogP contribution in [0.2, 0.25) is 0 Å². The third-order valence-electron chi connectivity index (χ3n) is 4.06. The lowest BCUT2D eigenvalue weighted by Gasteiger charge is -2.20. The number of carbonyl (C=O) groups excluding carboxylic acids is 2. The first-order valence-corrected chi connectivity index (χ1v) is 10.0. The monoisotopic (exact) mass is 397 g/mol. The fraction of sp³-hybridized carbons (Fsp3) is 0.238. The Morgan fingerprint density at radius 2 is 1.68 bits per heavy atom. The molecule has 7 heteroatoms. The van der Waals surface area contributed by atoms with Crippen LogP contribution in [0.3, 0.4) is 0 Å². The molecule has 0 spiro atoms. The van der Waals surface area contributed by atoms with E-state index < -0.39 is 11.0 Å². The summed E-state index contributed by atoms with van der Waals surface area (Å²) in [4.78, 5) is 24.4. The van der Waals surface area contributed by atoms with Crippen LogP contribution >= 0.6 is 0 Å². The first-order valence-electron chi connectivity index (χ1n) is 8.87. The summed E-state index contributed by atoms with van der Waals surface area (Å²) in [7, 11) is -1.50. The van der Waals surface area contributed by atoms with Crippen molar-refractivity contribution < 1.29 is 13.8 Å². The maximum atomic E-state index is 12.7. The van der Waals surface area contributed by atoms with Gasteiger partial charge in [0.1, 0.15) is 11.0 Å². The van der Waals surface area contributed by atoms with E-state index >= 15 is 0 Å². The predicted octanol–water partition coefficient (Wildman–Crippen LogP) is 3.96. The van der Waals surface area contributed by atoms with Gasteiger partial charge in [-0.05, 0) is 63.2 Å². The summed E-state index contributed by atoms with van der Waals surface area (Å²) in [6.07, 6.45) is 1.70. The molecule has 2 aromatic carbocycles. The van der Waals surface area contributed by atoms with Gasteiger partial charge < -0.3 is 10.0 Å². The van der Waals surface area contributed by atoms with Gasteiger partial charge in [-0.2, -0.15) is 0 Å². The van der Waals surface area contributed by atoms with Gasteiger partial charge in [-0.25, -0.2) is 4.21 Å². The Morgan fingerprint density at radius 3 is 2.29 bits per heavy atom. The average Bonchev–Trinajstić information content (AvgIpc) is 3.04. The van der Waals surface area contributed by atoms with E-state index in [1.807, 2.05) is 32.9 Å². The third kappa shape index (κ3) is 4.48. The van der Waals surface area contributed by atoms with Crippen molar-refractivity contribution in [1.29, 1.82) is 0 Å². The molecule has 1 heterocycles. The molecule has 0 saturated heterocycles. The molecule has 0 radical (unpaired) electrons. The summed E-state index contributed by atoms with van der Waals surface area (Å²) < 4.78 is 17.1. The summed E-state index contributed by atoms with van der Waals surface area (Å²) in [5.41, 5.74) is 1.57. The number of aromatic nitrogens is 1. The van der Waals surface area contributed by atoms with E-state index in [0.717, 1.165) is 5.39 Å². The van der Waals surface area contributed by atoms with Crippen molar-refractivity contribution in [2.75, 3.05) is 4.72 Å². The zero-order valence-electron chi connectivity index (χ0n) is 16.3. The van der Waals surface area contributed by atoms with Crippen LogP contribution < -0.4 is 10.0 Å². The minimum absolute atomic E-state index is 0.102. The number of hydrogen-bond donors (Lipinski definition) is 2. The normalized spacial score (nSPS) is 12.6. The fourth-order valence-electron chi connectivity index (χ4n) is 2.77. The topological polar surface area (TPSA) is 80.2 Å². The lowest BCUT2D eigenvalue weighted by atomic mass is 10.1. The number of anilines is 1. The zero-order chi connectivity index (χ0) is 20.5. The molecule has 146 valence electrons. The molecule has 0 aliphatic rings. The Bertz CT molecular complexity index is 1060. The van der Waals surface area contributed by atoms with Crippen LogP contribution in [0.4, 0.5) is 5.69 Å². The van der Waals surface area contributed by atoms with Crippen LogP contribution in [0, 0.1) is 0 Å². The number of amides is 1. The fourth-order valence-corrected chi connectivity index (χ4v) is 3.64. The largest absolute Gasteiger partial charge is 0.347 e. The number of rotatable bonds is 4. The van der Waals surface area contributed by atoms with Crippen molar-refractivity contribution >= 4 is 39.4 Å². The number of carbonyl (C=O) groups is 2. The Balaban J connectivity index is 1.76. The van der Waals surface area contributed by atoms with Crippen LogP contribution in [-0.2, 0) is 11.0 Å². The Kier molecular flexibility index (Phi) is 5.38. The maximum absolute atomic E-state index is 12.7. The standard InChI is InChI=1S/C21H23N3O3S/c1-14(25)24-12-11-15-7-10-18(13-19(15)24)28(27)23-17-8-5-16(6-9-17)20(26)22-21(2,3)4/h5-13,23H,1-4H3,(H,22,26). The van der Waals surface area contributed by atoms with Gasteiger partial charge in [0.25, 0.3) is 5.91 Å². The summed E-state index contributed by atoms with van der Waals surface area (Å²) in [6.45, 7) is 7.24. The highest BCUT2D eigenvalue weighted by Gasteiger charge is 2.15. The molecule has 0 aliphatic carbocycles. The first kappa shape index (κ1) is 19.8. The molecule has 0 aliphatic heterocycles. The van der Waals surface area contributed by atoms with E-state index in [1.165, 1.54) is 11.5 Å². The van der Waals surface area contributed by atoms with Gasteiger partial charge >= 0.3 is 0 Å². The second kappa shape index (κ2) is 7.59. The Labute approximate surface area is 166 Å². The smallest absolute Gasteiger partial charge is 0.251 e. The maximum Gasteiger partial charge on any atom is 0.251 e. The van der Waals surface area contributed by atoms with E-state index in [1.54, 1.807) is 42.6 Å². The third-order valence-corrected chi connectivity index (χ3v) is 5.17. The van der Waals surface area contributed by atoms with Crippen molar-refractivity contribution in [3.8, 4) is 0 Å². The van der Waals surface area contributed by atoms with Gasteiger partial charge in [0, 0.05) is 35.3 Å². The predicted molar refractivity (Wildman–Crippen MR) is 112 cm³/mol. The molecule has 1 aromatic heterocycles. The van der Waals surface area contributed by atoms with Crippen LogP contribution in [0.1, 0.15) is 42.8 Å². The molecule has 28 heavy (non-hydrogen) atoms. The van der Waals surface area contributed by atoms with Crippen LogP contribution in [0.15, 0.2) is 59.6 Å². The molecular formula is C21H23N3O3S. The minimum atomic E-state index is -1.50. The van der Waals surface area contributed by atoms with E-state index in [9.17, 15) is 13.8 Å². The molecule has 3 rings (SSSR count). The van der Waals surface area contributed by atoms with E-state index in [2.05, 4.69) is 10.0 Å². The quantitative estimate of drug-likeness (QED) is 0.699. The minimum Gasteiger partial charge on any atom is -0.347 e. The van der Waals surface area contributed by atoms with E-state index in [4.69, 9.17) is 0 Å². The SMILES string of the molecule is CC(=O)n1ccc2ccc(S(=O)Nc3ccc(C(=O)NC(C)(C)C)cc3)cc21. The molecule has 0 bridgehead atoms. The van der Waals surface area contributed by atoms with Crippen molar-refractivity contribution in [3.63, 3.8) is 0 Å². The highest BCUT2D eigenvalue weighted by molar-refractivity contribution is 7.86. The average molecular weight is 398 g/mol. The second-order valence-corrected chi connectivity index (χ2v) is 8.79. The van der Waals surface area contributed by atoms with E-state index in [0.29, 0.717) is 21.7 Å². The number of nitrogens with zero attached hydrogens (tertiary/aromatic N) is 1. The lowest BCUT2D eigenvalue weighted by Crippen LogP contribution is -2.40. The number of hydrogen-bond acceptors (Lipinski definition) is 3. The van der Waals surface area contributed by atoms with Crippen LogP contribution in [0.5, 0.6) is 0 Å². The molecule has 6 nitrogen and oxygen atoms in total. The van der Waals surface area contributed by atoms with Gasteiger partial charge in [-0.15, -0.1) is 0 Å². The number of fused-ring (bicyclic) bond motifs is 1. The lowest BCUT2D eigenvalue weighted by molar-refractivity contribution is 0.0916. The summed E-state index contributed by atoms with van der Waals surface area (Å²) >= 11 is 0. The molecule has 0 saturated carbocycles. The molecular weight excluding hydrogens is 374 g/mol. The highest BCUT2D eigenvalue weighted by Crippen LogP contribution is 2.21. The van der Waals surface area contributed by atoms with Gasteiger partial charge in [0.05, 0.1) is 10.4 Å². The van der Waals surface area contributed by atoms with Crippen molar-refractivity contribution in [2.45, 2.75) is 38.1 Å². The molecule has 2 N–H and O–H groups in total. The van der Waals surface area contributed by atoms with Crippen molar-refractivity contribution in [3.05, 3.63) is 60.3 Å². The molecule has 3 aromatic rings.